The predicted molar refractivity (Wildman–Crippen MR) is 75.6 cm³/mol. The number of nitrogens with zero attached hydrogens (tertiary/aromatic N) is 2. The lowest BCUT2D eigenvalue weighted by molar-refractivity contribution is -0.604. The van der Waals surface area contributed by atoms with Crippen LogP contribution in [0.2, 0.25) is 0 Å². The molecule has 3 rings (SSSR count). The standard InChI is InChI=1S/C15H10F3N3O2/c16-15(17,18)11-4-1-5-12(7-11)20-14-19-8-13(23-14)10-3-2-6-21(22)9-10/h1-9H,(H,19,20). The number of oxazole rings is 1. The minimum atomic E-state index is -4.43. The van der Waals surface area contributed by atoms with E-state index in [0.717, 1.165) is 12.1 Å². The fraction of sp³-hybridized carbons (Fsp3) is 0.0667. The summed E-state index contributed by atoms with van der Waals surface area (Å²) in [6.07, 6.45) is -0.424. The SMILES string of the molecule is [O-][n+]1cccc(-c2cnc(Nc3cccc(C(F)(F)F)c3)o2)c1. The number of alkyl halides is 3. The van der Waals surface area contributed by atoms with Crippen molar-refractivity contribution in [1.29, 1.82) is 0 Å². The van der Waals surface area contributed by atoms with E-state index in [4.69, 9.17) is 4.42 Å². The first-order valence-electron chi connectivity index (χ1n) is 6.51. The molecule has 0 radical (unpaired) electrons. The maximum absolute atomic E-state index is 12.7. The lowest BCUT2D eigenvalue weighted by atomic mass is 10.2. The Bertz CT molecular complexity index is 831. The summed E-state index contributed by atoms with van der Waals surface area (Å²) in [4.78, 5) is 3.94. The van der Waals surface area contributed by atoms with Crippen LogP contribution in [0.25, 0.3) is 11.3 Å². The monoisotopic (exact) mass is 321 g/mol. The van der Waals surface area contributed by atoms with Crippen molar-refractivity contribution < 1.29 is 22.3 Å². The van der Waals surface area contributed by atoms with Crippen LogP contribution in [0.5, 0.6) is 0 Å². The molecule has 8 heteroatoms. The van der Waals surface area contributed by atoms with Crippen LogP contribution in [0.15, 0.2) is 59.4 Å². The van der Waals surface area contributed by atoms with Gasteiger partial charge in [-0.05, 0) is 24.3 Å². The average molecular weight is 321 g/mol. The molecule has 0 aliphatic carbocycles. The molecule has 0 aliphatic heterocycles. The Kier molecular flexibility index (Phi) is 3.65. The number of benzene rings is 1. The summed E-state index contributed by atoms with van der Waals surface area (Å²) in [5.74, 6) is 0.324. The Morgan fingerprint density at radius 2 is 2.00 bits per heavy atom. The molecule has 0 amide bonds. The van der Waals surface area contributed by atoms with Gasteiger partial charge in [-0.2, -0.15) is 17.9 Å². The second kappa shape index (κ2) is 5.64. The number of anilines is 2. The molecule has 23 heavy (non-hydrogen) atoms. The topological polar surface area (TPSA) is 65.0 Å². The van der Waals surface area contributed by atoms with Crippen LogP contribution in [0.4, 0.5) is 24.9 Å². The number of hydrogen-bond donors (Lipinski definition) is 1. The van der Waals surface area contributed by atoms with Crippen molar-refractivity contribution in [2.75, 3.05) is 5.32 Å². The minimum absolute atomic E-state index is 0.0284. The van der Waals surface area contributed by atoms with E-state index >= 15 is 0 Å². The van der Waals surface area contributed by atoms with Crippen LogP contribution < -0.4 is 10.0 Å². The first-order valence-corrected chi connectivity index (χ1v) is 6.51. The maximum Gasteiger partial charge on any atom is 0.416 e. The summed E-state index contributed by atoms with van der Waals surface area (Å²) in [5.41, 5.74) is -0.0722. The number of nitrogens with one attached hydrogen (secondary N) is 1. The molecule has 118 valence electrons. The van der Waals surface area contributed by atoms with Crippen molar-refractivity contribution >= 4 is 11.7 Å². The van der Waals surface area contributed by atoms with E-state index in [-0.39, 0.29) is 11.7 Å². The van der Waals surface area contributed by atoms with E-state index < -0.39 is 11.7 Å². The first-order chi connectivity index (χ1) is 10.9. The van der Waals surface area contributed by atoms with E-state index in [2.05, 4.69) is 10.3 Å². The lowest BCUT2D eigenvalue weighted by Crippen LogP contribution is -2.23. The van der Waals surface area contributed by atoms with Crippen molar-refractivity contribution in [1.82, 2.24) is 4.98 Å². The summed E-state index contributed by atoms with van der Waals surface area (Å²) < 4.78 is 44.0. The van der Waals surface area contributed by atoms with Crippen LogP contribution in [-0.2, 0) is 6.18 Å². The molecule has 1 aromatic carbocycles. The highest BCUT2D eigenvalue weighted by atomic mass is 19.4. The van der Waals surface area contributed by atoms with Crippen LogP contribution in [0.3, 0.4) is 0 Å². The molecule has 0 atom stereocenters. The zero-order chi connectivity index (χ0) is 16.4. The van der Waals surface area contributed by atoms with Gasteiger partial charge in [-0.3, -0.25) is 0 Å². The number of aromatic nitrogens is 2. The Morgan fingerprint density at radius 1 is 1.17 bits per heavy atom. The van der Waals surface area contributed by atoms with E-state index in [1.165, 1.54) is 30.7 Å². The molecule has 3 aromatic rings. The van der Waals surface area contributed by atoms with Gasteiger partial charge in [-0.1, -0.05) is 6.07 Å². The fourth-order valence-electron chi connectivity index (χ4n) is 1.96. The van der Waals surface area contributed by atoms with Gasteiger partial charge in [0.25, 0.3) is 6.01 Å². The van der Waals surface area contributed by atoms with E-state index in [1.54, 1.807) is 12.1 Å². The smallest absolute Gasteiger partial charge is 0.416 e. The summed E-state index contributed by atoms with van der Waals surface area (Å²) in [5, 5.41) is 13.9. The normalized spacial score (nSPS) is 11.4. The van der Waals surface area contributed by atoms with Gasteiger partial charge in [-0.15, -0.1) is 0 Å². The summed E-state index contributed by atoms with van der Waals surface area (Å²) in [6, 6.07) is 7.91. The highest BCUT2D eigenvalue weighted by Crippen LogP contribution is 2.31. The van der Waals surface area contributed by atoms with Gasteiger partial charge < -0.3 is 14.9 Å². The number of pyridine rings is 1. The van der Waals surface area contributed by atoms with E-state index in [1.807, 2.05) is 0 Å². The number of hydrogen-bond acceptors (Lipinski definition) is 4. The zero-order valence-electron chi connectivity index (χ0n) is 11.5. The van der Waals surface area contributed by atoms with Crippen LogP contribution in [-0.4, -0.2) is 4.98 Å². The van der Waals surface area contributed by atoms with Crippen LogP contribution in [0.1, 0.15) is 5.56 Å². The van der Waals surface area contributed by atoms with Crippen molar-refractivity contribution in [3.63, 3.8) is 0 Å². The lowest BCUT2D eigenvalue weighted by Gasteiger charge is -2.08. The zero-order valence-corrected chi connectivity index (χ0v) is 11.5. The summed E-state index contributed by atoms with van der Waals surface area (Å²) >= 11 is 0. The molecule has 0 aliphatic rings. The molecule has 0 unspecified atom stereocenters. The number of halogens is 3. The first kappa shape index (κ1) is 14.9. The second-order valence-electron chi connectivity index (χ2n) is 4.69. The van der Waals surface area contributed by atoms with Gasteiger partial charge in [0, 0.05) is 11.8 Å². The summed E-state index contributed by atoms with van der Waals surface area (Å²) in [6.45, 7) is 0. The highest BCUT2D eigenvalue weighted by Gasteiger charge is 2.30. The highest BCUT2D eigenvalue weighted by molar-refractivity contribution is 5.58. The van der Waals surface area contributed by atoms with E-state index in [0.29, 0.717) is 16.1 Å². The minimum Gasteiger partial charge on any atom is -0.619 e. The van der Waals surface area contributed by atoms with Crippen LogP contribution >= 0.6 is 0 Å². The predicted octanol–water partition coefficient (Wildman–Crippen LogP) is 3.74. The fourth-order valence-corrected chi connectivity index (χ4v) is 1.96. The molecule has 0 saturated heterocycles. The number of rotatable bonds is 3. The molecular weight excluding hydrogens is 311 g/mol. The molecular formula is C15H10F3N3O2. The quantitative estimate of drug-likeness (QED) is 0.589. The Hall–Kier alpha value is -3.03. The summed E-state index contributed by atoms with van der Waals surface area (Å²) in [7, 11) is 0. The molecule has 0 bridgehead atoms. The molecule has 5 nitrogen and oxygen atoms in total. The van der Waals surface area contributed by atoms with Gasteiger partial charge in [0.2, 0.25) is 0 Å². The Balaban J connectivity index is 1.82. The van der Waals surface area contributed by atoms with Crippen molar-refractivity contribution in [2.24, 2.45) is 0 Å². The van der Waals surface area contributed by atoms with Gasteiger partial charge in [-0.25, -0.2) is 4.98 Å². The van der Waals surface area contributed by atoms with Crippen LogP contribution in [0, 0.1) is 5.21 Å². The van der Waals surface area contributed by atoms with Crippen molar-refractivity contribution in [3.8, 4) is 11.3 Å². The van der Waals surface area contributed by atoms with Gasteiger partial charge >= 0.3 is 6.18 Å². The maximum atomic E-state index is 12.7. The Morgan fingerprint density at radius 3 is 2.74 bits per heavy atom. The molecule has 0 saturated carbocycles. The second-order valence-corrected chi connectivity index (χ2v) is 4.69. The van der Waals surface area contributed by atoms with Crippen molar-refractivity contribution in [3.05, 3.63) is 65.8 Å². The van der Waals surface area contributed by atoms with Gasteiger partial charge in [0.1, 0.15) is 0 Å². The Labute approximate surface area is 128 Å². The largest absolute Gasteiger partial charge is 0.619 e. The van der Waals surface area contributed by atoms with Crippen molar-refractivity contribution in [2.45, 2.75) is 6.18 Å². The average Bonchev–Trinajstić information content (AvgIpc) is 2.95. The van der Waals surface area contributed by atoms with Gasteiger partial charge in [0.15, 0.2) is 18.2 Å². The third kappa shape index (κ3) is 3.42. The molecule has 1 N–H and O–H groups in total. The molecule has 0 spiro atoms. The van der Waals surface area contributed by atoms with E-state index in [9.17, 15) is 18.4 Å². The third-order valence-corrected chi connectivity index (χ3v) is 3.01. The molecule has 2 aromatic heterocycles. The van der Waals surface area contributed by atoms with Gasteiger partial charge in [0.05, 0.1) is 17.3 Å². The third-order valence-electron chi connectivity index (χ3n) is 3.01. The molecule has 0 fully saturated rings. The molecule has 2 heterocycles.